The Bertz CT molecular complexity index is 667. The van der Waals surface area contributed by atoms with Crippen molar-refractivity contribution in [2.45, 2.75) is 6.54 Å². The maximum Gasteiger partial charge on any atom is 0.258 e. The first-order valence-corrected chi connectivity index (χ1v) is 5.62. The van der Waals surface area contributed by atoms with Crippen LogP contribution in [0.15, 0.2) is 18.3 Å². The average molecular weight is 243 g/mol. The molecule has 0 saturated carbocycles. The molecule has 2 heterocycles. The van der Waals surface area contributed by atoms with Gasteiger partial charge in [-0.3, -0.25) is 4.79 Å². The van der Waals surface area contributed by atoms with E-state index in [1.165, 1.54) is 0 Å². The highest BCUT2D eigenvalue weighted by Crippen LogP contribution is 2.36. The Labute approximate surface area is 104 Å². The lowest BCUT2D eigenvalue weighted by atomic mass is 10.0. The summed E-state index contributed by atoms with van der Waals surface area (Å²) in [5.41, 5.74) is 7.32. The molecule has 0 fully saturated rings. The van der Waals surface area contributed by atoms with E-state index in [-0.39, 0.29) is 5.91 Å². The van der Waals surface area contributed by atoms with Gasteiger partial charge in [0, 0.05) is 25.2 Å². The normalized spacial score (nSPS) is 14.1. The molecule has 3 rings (SSSR count). The van der Waals surface area contributed by atoms with Crippen LogP contribution in [0.4, 0.5) is 5.82 Å². The van der Waals surface area contributed by atoms with Crippen LogP contribution >= 0.6 is 0 Å². The summed E-state index contributed by atoms with van der Waals surface area (Å²) in [5.74, 6) is 1.04. The molecule has 1 aliphatic rings. The Kier molecular flexibility index (Phi) is 2.16. The highest BCUT2D eigenvalue weighted by molar-refractivity contribution is 6.07. The lowest BCUT2D eigenvalue weighted by Crippen LogP contribution is -2.17. The predicted octanol–water partition coefficient (Wildman–Crippen LogP) is 1.41. The summed E-state index contributed by atoms with van der Waals surface area (Å²) in [7, 11) is 3.34. The van der Waals surface area contributed by atoms with Gasteiger partial charge in [0.25, 0.3) is 5.91 Å². The second-order valence-corrected chi connectivity index (χ2v) is 4.42. The molecule has 0 spiro atoms. The third-order valence-corrected chi connectivity index (χ3v) is 3.29. The van der Waals surface area contributed by atoms with Crippen LogP contribution in [0.3, 0.4) is 0 Å². The van der Waals surface area contributed by atoms with E-state index >= 15 is 0 Å². The van der Waals surface area contributed by atoms with E-state index < -0.39 is 0 Å². The second kappa shape index (κ2) is 3.60. The molecule has 0 bridgehead atoms. The number of pyridine rings is 1. The van der Waals surface area contributed by atoms with Gasteiger partial charge in [-0.2, -0.15) is 0 Å². The van der Waals surface area contributed by atoms with Crippen molar-refractivity contribution in [1.82, 2.24) is 9.88 Å². The number of ether oxygens (including phenoxy) is 1. The molecule has 0 aliphatic carbocycles. The van der Waals surface area contributed by atoms with Crippen molar-refractivity contribution in [2.24, 2.45) is 0 Å². The first-order valence-electron chi connectivity index (χ1n) is 5.62. The molecular weight excluding hydrogens is 230 g/mol. The molecule has 0 saturated heterocycles. The minimum absolute atomic E-state index is 0.0147. The Morgan fingerprint density at radius 1 is 1.44 bits per heavy atom. The number of carbonyl (C=O) groups is 1. The lowest BCUT2D eigenvalue weighted by Gasteiger charge is -2.09. The first-order chi connectivity index (χ1) is 8.61. The number of aromatic nitrogens is 1. The van der Waals surface area contributed by atoms with Gasteiger partial charge < -0.3 is 15.4 Å². The minimum atomic E-state index is -0.0147. The van der Waals surface area contributed by atoms with Crippen LogP contribution in [-0.4, -0.2) is 29.9 Å². The number of rotatable bonds is 1. The molecule has 1 aromatic carbocycles. The van der Waals surface area contributed by atoms with Crippen LogP contribution in [0.2, 0.25) is 0 Å². The summed E-state index contributed by atoms with van der Waals surface area (Å²) >= 11 is 0. The van der Waals surface area contributed by atoms with Crippen molar-refractivity contribution in [3.05, 3.63) is 29.5 Å². The van der Waals surface area contributed by atoms with Gasteiger partial charge in [0.15, 0.2) is 0 Å². The molecule has 92 valence electrons. The molecule has 2 aromatic rings. The maximum atomic E-state index is 12.1. The third kappa shape index (κ3) is 1.33. The number of methoxy groups -OCH3 is 1. The zero-order chi connectivity index (χ0) is 12.9. The number of nitrogens with zero attached hydrogens (tertiary/aromatic N) is 2. The second-order valence-electron chi connectivity index (χ2n) is 4.42. The number of anilines is 1. The highest BCUT2D eigenvalue weighted by Gasteiger charge is 2.30. The van der Waals surface area contributed by atoms with Gasteiger partial charge in [0.1, 0.15) is 11.6 Å². The van der Waals surface area contributed by atoms with E-state index in [1.807, 2.05) is 6.07 Å². The summed E-state index contributed by atoms with van der Waals surface area (Å²) in [6, 6.07) is 3.64. The zero-order valence-corrected chi connectivity index (χ0v) is 10.2. The molecule has 5 nitrogen and oxygen atoms in total. The molecule has 0 unspecified atom stereocenters. The van der Waals surface area contributed by atoms with Crippen molar-refractivity contribution in [3.63, 3.8) is 0 Å². The van der Waals surface area contributed by atoms with Crippen LogP contribution in [0.25, 0.3) is 10.8 Å². The number of carbonyl (C=O) groups excluding carboxylic acids is 1. The monoisotopic (exact) mass is 243 g/mol. The molecular formula is C13H13N3O2. The van der Waals surface area contributed by atoms with Crippen molar-refractivity contribution < 1.29 is 9.53 Å². The van der Waals surface area contributed by atoms with Gasteiger partial charge in [-0.1, -0.05) is 0 Å². The van der Waals surface area contributed by atoms with Crippen LogP contribution in [0.1, 0.15) is 15.9 Å². The minimum Gasteiger partial charge on any atom is -0.496 e. The number of benzene rings is 1. The standard InChI is InChI=1S/C13H13N3O2/c1-16-6-9-8-4-11(14)15-5-7(8)3-10(18-2)12(9)13(16)17/h3-5H,6H2,1-2H3,(H2,14,15). The quantitative estimate of drug-likeness (QED) is 0.822. The van der Waals surface area contributed by atoms with E-state index in [4.69, 9.17) is 10.5 Å². The van der Waals surface area contributed by atoms with Crippen LogP contribution in [0, 0.1) is 0 Å². The molecule has 0 atom stereocenters. The van der Waals surface area contributed by atoms with Crippen LogP contribution in [-0.2, 0) is 6.54 Å². The largest absolute Gasteiger partial charge is 0.496 e. The summed E-state index contributed by atoms with van der Waals surface area (Å²) < 4.78 is 5.31. The van der Waals surface area contributed by atoms with E-state index in [0.717, 1.165) is 16.3 Å². The van der Waals surface area contributed by atoms with E-state index in [1.54, 1.807) is 31.3 Å². The number of nitrogen functional groups attached to an aromatic ring is 1. The first kappa shape index (κ1) is 10.8. The number of amides is 1. The van der Waals surface area contributed by atoms with Crippen LogP contribution < -0.4 is 10.5 Å². The SMILES string of the molecule is COc1cc2cnc(N)cc2c2c1C(=O)N(C)C2. The Hall–Kier alpha value is -2.30. The molecule has 1 amide bonds. The average Bonchev–Trinajstić information content (AvgIpc) is 2.66. The van der Waals surface area contributed by atoms with Gasteiger partial charge in [-0.05, 0) is 23.1 Å². The lowest BCUT2D eigenvalue weighted by molar-refractivity contribution is 0.0814. The van der Waals surface area contributed by atoms with E-state index in [2.05, 4.69) is 4.98 Å². The fraction of sp³-hybridized carbons (Fsp3) is 0.231. The van der Waals surface area contributed by atoms with Crippen molar-refractivity contribution in [1.29, 1.82) is 0 Å². The van der Waals surface area contributed by atoms with Gasteiger partial charge in [0.2, 0.25) is 0 Å². The summed E-state index contributed by atoms with van der Waals surface area (Å²) in [6.45, 7) is 0.575. The zero-order valence-electron chi connectivity index (χ0n) is 10.2. The molecule has 1 aromatic heterocycles. The summed E-state index contributed by atoms with van der Waals surface area (Å²) in [5, 5.41) is 1.90. The Balaban J connectivity index is 2.41. The Morgan fingerprint density at radius 2 is 2.22 bits per heavy atom. The van der Waals surface area contributed by atoms with Gasteiger partial charge in [-0.25, -0.2) is 4.98 Å². The number of hydrogen-bond donors (Lipinski definition) is 1. The smallest absolute Gasteiger partial charge is 0.258 e. The number of fused-ring (bicyclic) bond motifs is 3. The molecule has 2 N–H and O–H groups in total. The molecule has 0 radical (unpaired) electrons. The number of hydrogen-bond acceptors (Lipinski definition) is 4. The highest BCUT2D eigenvalue weighted by atomic mass is 16.5. The summed E-state index contributed by atoms with van der Waals surface area (Å²) in [6.07, 6.45) is 1.70. The van der Waals surface area contributed by atoms with Gasteiger partial charge >= 0.3 is 0 Å². The maximum absolute atomic E-state index is 12.1. The predicted molar refractivity (Wildman–Crippen MR) is 68.5 cm³/mol. The number of nitrogens with two attached hydrogens (primary N) is 1. The van der Waals surface area contributed by atoms with Crippen molar-refractivity contribution in [2.75, 3.05) is 19.9 Å². The topological polar surface area (TPSA) is 68.5 Å². The molecule has 1 aliphatic heterocycles. The van der Waals surface area contributed by atoms with Crippen molar-refractivity contribution in [3.8, 4) is 5.75 Å². The van der Waals surface area contributed by atoms with E-state index in [9.17, 15) is 4.79 Å². The van der Waals surface area contributed by atoms with E-state index in [0.29, 0.717) is 23.7 Å². The van der Waals surface area contributed by atoms with Crippen molar-refractivity contribution >= 4 is 22.5 Å². The van der Waals surface area contributed by atoms with Gasteiger partial charge in [-0.15, -0.1) is 0 Å². The molecule has 18 heavy (non-hydrogen) atoms. The van der Waals surface area contributed by atoms with Crippen LogP contribution in [0.5, 0.6) is 5.75 Å². The third-order valence-electron chi connectivity index (χ3n) is 3.29. The van der Waals surface area contributed by atoms with Gasteiger partial charge in [0.05, 0.1) is 12.7 Å². The fourth-order valence-electron chi connectivity index (χ4n) is 2.41. The Morgan fingerprint density at radius 3 is 2.94 bits per heavy atom. The summed E-state index contributed by atoms with van der Waals surface area (Å²) in [4.78, 5) is 17.8. The fourth-order valence-corrected chi connectivity index (χ4v) is 2.41. The molecule has 5 heteroatoms.